The zero-order chi connectivity index (χ0) is 32.2. The Bertz CT molecular complexity index is 909. The van der Waals surface area contributed by atoms with E-state index in [1.807, 2.05) is 13.8 Å². The SMILES string of the molecule is [CH2-]C(=O)NCCN(CCNC([CH2-])=O)CC(=O)NCCOCCOCC(=O)N[C@@H](CC(C)C)C(=O)N1CCC[C@H]1C(=O)NC.[Gd].[Gd]. The molecule has 1 saturated heterocycles. The van der Waals surface area contributed by atoms with Crippen LogP contribution in [0, 0.1) is 99.6 Å². The van der Waals surface area contributed by atoms with Gasteiger partial charge in [-0.2, -0.15) is 0 Å². The Kier molecular flexibility index (Phi) is 27.8. The first-order valence-electron chi connectivity index (χ1n) is 14.6. The number of rotatable bonds is 21. The van der Waals surface area contributed by atoms with Crippen LogP contribution in [0.15, 0.2) is 0 Å². The second-order valence-corrected chi connectivity index (χ2v) is 10.5. The number of nitrogens with one attached hydrogen (secondary N) is 5. The molecule has 5 N–H and O–H groups in total. The van der Waals surface area contributed by atoms with Crippen molar-refractivity contribution in [1.82, 2.24) is 36.4 Å². The Hall–Kier alpha value is -0.911. The molecule has 6 amide bonds. The van der Waals surface area contributed by atoms with Crippen LogP contribution in [0.25, 0.3) is 0 Å². The normalized spacial score (nSPS) is 14.5. The summed E-state index contributed by atoms with van der Waals surface area (Å²) in [6.45, 7) is 12.9. The summed E-state index contributed by atoms with van der Waals surface area (Å²) in [4.78, 5) is 75.4. The number of hydrogen-bond donors (Lipinski definition) is 5. The quantitative estimate of drug-likeness (QED) is 0.0619. The molecule has 1 aliphatic rings. The molecular weight excluding hydrogens is 877 g/mol. The monoisotopic (exact) mass is 927 g/mol. The summed E-state index contributed by atoms with van der Waals surface area (Å²) in [7, 11) is 1.54. The topological polar surface area (TPSA) is 188 Å². The number of likely N-dealkylation sites (N-methyl/N-ethyl adjacent to an activating group) is 1. The van der Waals surface area contributed by atoms with Gasteiger partial charge >= 0.3 is 0 Å². The van der Waals surface area contributed by atoms with Gasteiger partial charge in [0.25, 0.3) is 0 Å². The van der Waals surface area contributed by atoms with Crippen LogP contribution in [0.2, 0.25) is 0 Å². The number of amides is 6. The molecule has 0 aliphatic carbocycles. The van der Waals surface area contributed by atoms with Crippen LogP contribution in [0.1, 0.15) is 33.1 Å². The molecule has 262 valence electrons. The molecule has 0 saturated carbocycles. The molecule has 1 rings (SSSR count). The van der Waals surface area contributed by atoms with Crippen LogP contribution in [0.3, 0.4) is 0 Å². The molecule has 0 aromatic rings. The van der Waals surface area contributed by atoms with E-state index in [-0.39, 0.29) is 143 Å². The van der Waals surface area contributed by atoms with E-state index in [1.54, 1.807) is 9.80 Å². The molecule has 17 heteroatoms. The smallest absolute Gasteiger partial charge is 0.246 e. The first-order chi connectivity index (χ1) is 20.4. The van der Waals surface area contributed by atoms with Crippen LogP contribution in [0.5, 0.6) is 0 Å². The van der Waals surface area contributed by atoms with E-state index in [1.165, 1.54) is 7.05 Å². The van der Waals surface area contributed by atoms with Crippen molar-refractivity contribution in [3.05, 3.63) is 13.8 Å². The molecular formula is C28H49Gd2N7O8-2. The van der Waals surface area contributed by atoms with Crippen molar-refractivity contribution in [1.29, 1.82) is 0 Å². The molecule has 15 nitrogen and oxygen atoms in total. The van der Waals surface area contributed by atoms with Crippen LogP contribution in [-0.4, -0.2) is 137 Å². The minimum absolute atomic E-state index is 0. The second-order valence-electron chi connectivity index (χ2n) is 10.5. The Balaban J connectivity index is 0. The first-order valence-corrected chi connectivity index (χ1v) is 14.6. The van der Waals surface area contributed by atoms with Gasteiger partial charge in [0, 0.05) is 126 Å². The van der Waals surface area contributed by atoms with Crippen LogP contribution in [-0.2, 0) is 38.2 Å². The number of likely N-dealkylation sites (tertiary alicyclic amines) is 1. The summed E-state index contributed by atoms with van der Waals surface area (Å²) in [5.74, 6) is -1.85. The Morgan fingerprint density at radius 1 is 0.867 bits per heavy atom. The summed E-state index contributed by atoms with van der Waals surface area (Å²) >= 11 is 0. The van der Waals surface area contributed by atoms with Gasteiger partial charge in [-0.25, -0.2) is 0 Å². The molecule has 1 aliphatic heterocycles. The van der Waals surface area contributed by atoms with Gasteiger partial charge in [0.1, 0.15) is 18.7 Å². The average Bonchev–Trinajstić information content (AvgIpc) is 3.42. The third-order valence-corrected chi connectivity index (χ3v) is 6.47. The van der Waals surface area contributed by atoms with Gasteiger partial charge in [0.05, 0.1) is 38.2 Å². The molecule has 0 bridgehead atoms. The van der Waals surface area contributed by atoms with E-state index in [2.05, 4.69) is 40.4 Å². The summed E-state index contributed by atoms with van der Waals surface area (Å²) in [6, 6.07) is -1.27. The van der Waals surface area contributed by atoms with Gasteiger partial charge < -0.3 is 64.4 Å². The summed E-state index contributed by atoms with van der Waals surface area (Å²) in [5, 5.41) is 13.2. The minimum Gasteiger partial charge on any atom is -0.380 e. The van der Waals surface area contributed by atoms with Crippen LogP contribution >= 0.6 is 0 Å². The van der Waals surface area contributed by atoms with E-state index < -0.39 is 29.8 Å². The fraction of sp³-hybridized carbons (Fsp3) is 0.714. The van der Waals surface area contributed by atoms with Crippen LogP contribution < -0.4 is 26.6 Å². The number of nitrogens with zero attached hydrogens (tertiary/aromatic N) is 2. The summed E-state index contributed by atoms with van der Waals surface area (Å²) in [5.41, 5.74) is 0. The molecule has 1 heterocycles. The third kappa shape index (κ3) is 21.6. The standard InChI is InChI=1S/C28H49N7O8.2Gd/c1-20(2)17-23(28(41)35-11-6-7-24(35)27(40)29-5)33-26(39)19-43-16-15-42-14-10-32-25(38)18-34(12-8-30-21(3)36)13-9-31-22(4)37;;/h20,23-24H,3-4,6-19H2,1-2,5H3,(H,29,40)(H,30,36)(H,31,37)(H,32,38)(H,33,39);;/q-2;;/t23-,24-;;/m0../s1. The van der Waals surface area contributed by atoms with Crippen molar-refractivity contribution < 1.29 is 118 Å². The van der Waals surface area contributed by atoms with E-state index in [0.717, 1.165) is 6.42 Å². The Morgan fingerprint density at radius 3 is 2.02 bits per heavy atom. The maximum Gasteiger partial charge on any atom is 0.246 e. The van der Waals surface area contributed by atoms with Gasteiger partial charge in [-0.3, -0.25) is 24.1 Å². The predicted octanol–water partition coefficient (Wildman–Crippen LogP) is -2.39. The molecule has 1 fully saturated rings. The Labute approximate surface area is 330 Å². The minimum atomic E-state index is -0.748. The summed E-state index contributed by atoms with van der Waals surface area (Å²) < 4.78 is 10.8. The molecule has 0 aromatic carbocycles. The van der Waals surface area contributed by atoms with E-state index >= 15 is 0 Å². The van der Waals surface area contributed by atoms with Gasteiger partial charge in [0.15, 0.2) is 0 Å². The van der Waals surface area contributed by atoms with Gasteiger partial charge in [-0.15, -0.1) is 0 Å². The van der Waals surface area contributed by atoms with Crippen molar-refractivity contribution in [2.24, 2.45) is 5.92 Å². The molecule has 0 aromatic heterocycles. The number of carbonyl (C=O) groups excluding carboxylic acids is 6. The maximum absolute atomic E-state index is 13.2. The van der Waals surface area contributed by atoms with Crippen molar-refractivity contribution >= 4 is 35.4 Å². The van der Waals surface area contributed by atoms with E-state index in [0.29, 0.717) is 45.6 Å². The molecule has 0 unspecified atom stereocenters. The number of ether oxygens (including phenoxy) is 2. The van der Waals surface area contributed by atoms with Crippen molar-refractivity contribution in [3.8, 4) is 0 Å². The molecule has 0 radical (unpaired) electrons. The van der Waals surface area contributed by atoms with Gasteiger partial charge in [-0.05, 0) is 25.2 Å². The van der Waals surface area contributed by atoms with Crippen molar-refractivity contribution in [3.63, 3.8) is 0 Å². The summed E-state index contributed by atoms with van der Waals surface area (Å²) in [6.07, 6.45) is 1.76. The zero-order valence-electron chi connectivity index (χ0n) is 26.4. The fourth-order valence-electron chi connectivity index (χ4n) is 4.48. The van der Waals surface area contributed by atoms with Crippen molar-refractivity contribution in [2.45, 2.75) is 45.2 Å². The average molecular weight is 926 g/mol. The van der Waals surface area contributed by atoms with E-state index in [4.69, 9.17) is 9.47 Å². The molecule has 45 heavy (non-hydrogen) atoms. The van der Waals surface area contributed by atoms with Gasteiger partial charge in [-0.1, -0.05) is 13.8 Å². The predicted molar refractivity (Wildman–Crippen MR) is 158 cm³/mol. The maximum atomic E-state index is 13.2. The van der Waals surface area contributed by atoms with E-state index in [9.17, 15) is 28.8 Å². The molecule has 2 atom stereocenters. The number of hydrogen-bond acceptors (Lipinski definition) is 9. The third-order valence-electron chi connectivity index (χ3n) is 6.47. The molecule has 0 spiro atoms. The fourth-order valence-corrected chi connectivity index (χ4v) is 4.48. The number of carbonyl (C=O) groups is 6. The van der Waals surface area contributed by atoms with Crippen LogP contribution in [0.4, 0.5) is 0 Å². The van der Waals surface area contributed by atoms with Crippen molar-refractivity contribution in [2.75, 3.05) is 79.3 Å². The zero-order valence-corrected chi connectivity index (χ0v) is 31.0. The first kappa shape index (κ1) is 46.2. The van der Waals surface area contributed by atoms with Gasteiger partial charge in [0.2, 0.25) is 23.6 Å². The second kappa shape index (κ2) is 27.1. The Morgan fingerprint density at radius 2 is 1.47 bits per heavy atom. The largest absolute Gasteiger partial charge is 0.380 e.